The number of amides is 1. The highest BCUT2D eigenvalue weighted by molar-refractivity contribution is 5.81. The van der Waals surface area contributed by atoms with E-state index in [4.69, 9.17) is 4.74 Å². The molecule has 22 heavy (non-hydrogen) atoms. The SMILES string of the molecule is CN1CCOC(C(=O)N(CCC(F)(F)F)C2CCCCC2)C1. The van der Waals surface area contributed by atoms with Crippen LogP contribution in [0.4, 0.5) is 13.2 Å². The monoisotopic (exact) mass is 322 g/mol. The number of nitrogens with zero attached hydrogens (tertiary/aromatic N) is 2. The molecule has 1 unspecified atom stereocenters. The molecule has 1 aliphatic carbocycles. The Kier molecular flexibility index (Phi) is 6.09. The van der Waals surface area contributed by atoms with Gasteiger partial charge in [-0.1, -0.05) is 19.3 Å². The molecule has 0 spiro atoms. The lowest BCUT2D eigenvalue weighted by molar-refractivity contribution is -0.159. The van der Waals surface area contributed by atoms with Gasteiger partial charge in [-0.3, -0.25) is 4.79 Å². The Morgan fingerprint density at radius 3 is 2.55 bits per heavy atom. The highest BCUT2D eigenvalue weighted by Crippen LogP contribution is 2.27. The van der Waals surface area contributed by atoms with Crippen LogP contribution >= 0.6 is 0 Å². The van der Waals surface area contributed by atoms with E-state index in [1.165, 1.54) is 4.90 Å². The molecule has 0 bridgehead atoms. The number of halogens is 3. The first-order chi connectivity index (χ1) is 10.4. The van der Waals surface area contributed by atoms with Gasteiger partial charge in [0.2, 0.25) is 0 Å². The zero-order valence-electron chi connectivity index (χ0n) is 13.1. The fraction of sp³-hybridized carbons (Fsp3) is 0.933. The van der Waals surface area contributed by atoms with Crippen molar-refractivity contribution < 1.29 is 22.7 Å². The van der Waals surface area contributed by atoms with Crippen molar-refractivity contribution >= 4 is 5.91 Å². The smallest absolute Gasteiger partial charge is 0.366 e. The van der Waals surface area contributed by atoms with Crippen molar-refractivity contribution in [2.75, 3.05) is 33.3 Å². The number of rotatable bonds is 4. The number of hydrogen-bond donors (Lipinski definition) is 0. The maximum Gasteiger partial charge on any atom is 0.390 e. The van der Waals surface area contributed by atoms with Gasteiger partial charge in [0.05, 0.1) is 13.0 Å². The van der Waals surface area contributed by atoms with Crippen LogP contribution in [-0.4, -0.2) is 67.3 Å². The van der Waals surface area contributed by atoms with Gasteiger partial charge in [-0.25, -0.2) is 0 Å². The molecule has 1 saturated heterocycles. The number of likely N-dealkylation sites (N-methyl/N-ethyl adjacent to an activating group) is 1. The first-order valence-corrected chi connectivity index (χ1v) is 8.04. The molecule has 0 N–H and O–H groups in total. The molecule has 0 aromatic carbocycles. The fourth-order valence-electron chi connectivity index (χ4n) is 3.22. The average molecular weight is 322 g/mol. The molecular weight excluding hydrogens is 297 g/mol. The van der Waals surface area contributed by atoms with Crippen LogP contribution in [0.25, 0.3) is 0 Å². The molecule has 2 fully saturated rings. The Hall–Kier alpha value is -0.820. The minimum absolute atomic E-state index is 0.0700. The lowest BCUT2D eigenvalue weighted by atomic mass is 9.93. The Morgan fingerprint density at radius 1 is 1.27 bits per heavy atom. The Morgan fingerprint density at radius 2 is 1.95 bits per heavy atom. The van der Waals surface area contributed by atoms with Crippen LogP contribution in [0.2, 0.25) is 0 Å². The van der Waals surface area contributed by atoms with Crippen molar-refractivity contribution in [3.8, 4) is 0 Å². The second-order valence-electron chi connectivity index (χ2n) is 6.31. The average Bonchev–Trinajstić information content (AvgIpc) is 2.47. The number of carbonyl (C=O) groups excluding carboxylic acids is 1. The maximum atomic E-state index is 12.7. The van der Waals surface area contributed by atoms with Crippen molar-refractivity contribution in [1.29, 1.82) is 0 Å². The van der Waals surface area contributed by atoms with Crippen LogP contribution < -0.4 is 0 Å². The van der Waals surface area contributed by atoms with Gasteiger partial charge < -0.3 is 14.5 Å². The van der Waals surface area contributed by atoms with Crippen LogP contribution in [0.15, 0.2) is 0 Å². The number of hydrogen-bond acceptors (Lipinski definition) is 3. The molecule has 4 nitrogen and oxygen atoms in total. The van der Waals surface area contributed by atoms with Crippen molar-refractivity contribution in [3.63, 3.8) is 0 Å². The molecule has 128 valence electrons. The standard InChI is InChI=1S/C15H25F3N2O2/c1-19-9-10-22-13(11-19)14(21)20(8-7-15(16,17)18)12-5-3-2-4-6-12/h12-13H,2-11H2,1H3. The zero-order valence-corrected chi connectivity index (χ0v) is 13.1. The minimum Gasteiger partial charge on any atom is -0.366 e. The molecule has 1 atom stereocenters. The van der Waals surface area contributed by atoms with Gasteiger partial charge in [-0.05, 0) is 19.9 Å². The van der Waals surface area contributed by atoms with Crippen LogP contribution in [0.1, 0.15) is 38.5 Å². The van der Waals surface area contributed by atoms with Gasteiger partial charge in [0.15, 0.2) is 0 Å². The van der Waals surface area contributed by atoms with Gasteiger partial charge in [-0.2, -0.15) is 13.2 Å². The summed E-state index contributed by atoms with van der Waals surface area (Å²) in [5.74, 6) is -0.275. The molecule has 1 amide bonds. The molecular formula is C15H25F3N2O2. The molecule has 0 aromatic heterocycles. The third-order valence-corrected chi connectivity index (χ3v) is 4.48. The lowest BCUT2D eigenvalue weighted by Crippen LogP contribution is -2.53. The molecule has 0 radical (unpaired) electrons. The largest absolute Gasteiger partial charge is 0.390 e. The van der Waals surface area contributed by atoms with E-state index < -0.39 is 18.7 Å². The molecule has 2 rings (SSSR count). The molecule has 1 aliphatic heterocycles. The molecule has 2 aliphatic rings. The van der Waals surface area contributed by atoms with Crippen molar-refractivity contribution in [1.82, 2.24) is 9.80 Å². The van der Waals surface area contributed by atoms with E-state index in [9.17, 15) is 18.0 Å². The Labute approximate surface area is 129 Å². The van der Waals surface area contributed by atoms with Crippen molar-refractivity contribution in [2.45, 2.75) is 56.8 Å². The summed E-state index contributed by atoms with van der Waals surface area (Å²) in [6, 6.07) is -0.0700. The van der Waals surface area contributed by atoms with Crippen LogP contribution in [-0.2, 0) is 9.53 Å². The number of carbonyl (C=O) groups is 1. The van der Waals surface area contributed by atoms with E-state index in [2.05, 4.69) is 0 Å². The van der Waals surface area contributed by atoms with Crippen LogP contribution in [0.5, 0.6) is 0 Å². The second-order valence-corrected chi connectivity index (χ2v) is 6.31. The molecule has 1 saturated carbocycles. The summed E-state index contributed by atoms with van der Waals surface area (Å²) < 4.78 is 43.2. The van der Waals surface area contributed by atoms with Crippen molar-refractivity contribution in [2.24, 2.45) is 0 Å². The van der Waals surface area contributed by atoms with Crippen LogP contribution in [0.3, 0.4) is 0 Å². The molecule has 1 heterocycles. The quantitative estimate of drug-likeness (QED) is 0.797. The highest BCUT2D eigenvalue weighted by atomic mass is 19.4. The van der Waals surface area contributed by atoms with E-state index in [0.717, 1.165) is 38.6 Å². The van der Waals surface area contributed by atoms with Gasteiger partial charge in [-0.15, -0.1) is 0 Å². The zero-order chi connectivity index (χ0) is 16.2. The molecule has 0 aromatic rings. The van der Waals surface area contributed by atoms with Crippen molar-refractivity contribution in [3.05, 3.63) is 0 Å². The Bertz CT molecular complexity index is 370. The second kappa shape index (κ2) is 7.64. The van der Waals surface area contributed by atoms with Gasteiger partial charge in [0.25, 0.3) is 5.91 Å². The normalized spacial score (nSPS) is 25.2. The predicted molar refractivity (Wildman–Crippen MR) is 76.5 cm³/mol. The summed E-state index contributed by atoms with van der Waals surface area (Å²) in [5, 5.41) is 0. The summed E-state index contributed by atoms with van der Waals surface area (Å²) in [4.78, 5) is 16.1. The number of alkyl halides is 3. The van der Waals surface area contributed by atoms with E-state index >= 15 is 0 Å². The van der Waals surface area contributed by atoms with E-state index in [0.29, 0.717) is 13.2 Å². The third kappa shape index (κ3) is 5.12. The van der Waals surface area contributed by atoms with Crippen LogP contribution in [0, 0.1) is 0 Å². The number of morpholine rings is 1. The molecule has 7 heteroatoms. The van der Waals surface area contributed by atoms with Gasteiger partial charge >= 0.3 is 6.18 Å². The summed E-state index contributed by atoms with van der Waals surface area (Å²) in [6.45, 7) is 1.39. The lowest BCUT2D eigenvalue weighted by Gasteiger charge is -2.38. The first-order valence-electron chi connectivity index (χ1n) is 8.04. The topological polar surface area (TPSA) is 32.8 Å². The summed E-state index contributed by atoms with van der Waals surface area (Å²) in [7, 11) is 1.89. The van der Waals surface area contributed by atoms with Gasteiger partial charge in [0, 0.05) is 25.7 Å². The summed E-state index contributed by atoms with van der Waals surface area (Å²) >= 11 is 0. The summed E-state index contributed by atoms with van der Waals surface area (Å²) in [6.07, 6.45) is -1.17. The minimum atomic E-state index is -4.24. The van der Waals surface area contributed by atoms with E-state index in [1.807, 2.05) is 11.9 Å². The first kappa shape index (κ1) is 17.5. The Balaban J connectivity index is 2.02. The maximum absolute atomic E-state index is 12.7. The van der Waals surface area contributed by atoms with Gasteiger partial charge in [0.1, 0.15) is 6.10 Å². The predicted octanol–water partition coefficient (Wildman–Crippen LogP) is 2.43. The van der Waals surface area contributed by atoms with E-state index in [1.54, 1.807) is 0 Å². The number of ether oxygens (including phenoxy) is 1. The fourth-order valence-corrected chi connectivity index (χ4v) is 3.22. The third-order valence-electron chi connectivity index (χ3n) is 4.48. The summed E-state index contributed by atoms with van der Waals surface area (Å²) in [5.41, 5.74) is 0. The van der Waals surface area contributed by atoms with E-state index in [-0.39, 0.29) is 18.5 Å². The highest BCUT2D eigenvalue weighted by Gasteiger charge is 2.36.